The van der Waals surface area contributed by atoms with E-state index in [0.29, 0.717) is 25.7 Å². The molecule has 0 unspecified atom stereocenters. The Morgan fingerprint density at radius 2 is 2.12 bits per heavy atom. The number of hydrogen-bond acceptors (Lipinski definition) is 7. The minimum absolute atomic E-state index is 0.140. The lowest BCUT2D eigenvalue weighted by Gasteiger charge is -2.39. The number of amides is 1. The number of aromatic nitrogens is 2. The second-order valence-corrected chi connectivity index (χ2v) is 10.4. The lowest BCUT2D eigenvalue weighted by atomic mass is 9.93. The van der Waals surface area contributed by atoms with E-state index in [4.69, 9.17) is 9.72 Å². The molecule has 2 aromatic heterocycles. The maximum absolute atomic E-state index is 13.3. The van der Waals surface area contributed by atoms with Gasteiger partial charge in [-0.3, -0.25) is 9.69 Å². The molecular formula is C24H35N5O2S. The molecule has 1 aliphatic heterocycles. The molecule has 2 aliphatic rings. The quantitative estimate of drug-likeness (QED) is 0.659. The molecule has 2 aromatic rings. The van der Waals surface area contributed by atoms with Gasteiger partial charge in [-0.2, -0.15) is 0 Å². The average Bonchev–Trinajstić information content (AvgIpc) is 3.19. The van der Waals surface area contributed by atoms with Gasteiger partial charge in [0.1, 0.15) is 11.9 Å². The Hall–Kier alpha value is -2.03. The molecule has 174 valence electrons. The molecule has 2 fully saturated rings. The smallest absolute Gasteiger partial charge is 0.237 e. The maximum atomic E-state index is 13.3. The highest BCUT2D eigenvalue weighted by molar-refractivity contribution is 7.15. The van der Waals surface area contributed by atoms with Gasteiger partial charge in [-0.1, -0.05) is 25.3 Å². The number of rotatable bonds is 7. The molecule has 1 saturated heterocycles. The Morgan fingerprint density at radius 3 is 2.84 bits per heavy atom. The van der Waals surface area contributed by atoms with Gasteiger partial charge in [0.05, 0.1) is 18.8 Å². The molecule has 7 nitrogen and oxygen atoms in total. The summed E-state index contributed by atoms with van der Waals surface area (Å²) in [6, 6.07) is 6.56. The molecule has 32 heavy (non-hydrogen) atoms. The van der Waals surface area contributed by atoms with Crippen molar-refractivity contribution < 1.29 is 9.53 Å². The minimum Gasteiger partial charge on any atom is -0.369 e. The highest BCUT2D eigenvalue weighted by atomic mass is 32.1. The highest BCUT2D eigenvalue weighted by Gasteiger charge is 2.31. The first-order valence-corrected chi connectivity index (χ1v) is 12.6. The van der Waals surface area contributed by atoms with Crippen molar-refractivity contribution in [2.45, 2.75) is 71.1 Å². The van der Waals surface area contributed by atoms with Gasteiger partial charge in [-0.15, -0.1) is 11.3 Å². The summed E-state index contributed by atoms with van der Waals surface area (Å²) in [6.07, 6.45) is 7.75. The normalized spacial score (nSPS) is 20.4. The Bertz CT molecular complexity index is 896. The number of hydrogen-bond donors (Lipinski definition) is 1. The Morgan fingerprint density at radius 1 is 1.31 bits per heavy atom. The fraction of sp³-hybridized carbons (Fsp3) is 0.625. The zero-order chi connectivity index (χ0) is 22.5. The van der Waals surface area contributed by atoms with Crippen molar-refractivity contribution in [2.75, 3.05) is 31.6 Å². The number of nitrogens with one attached hydrogen (secondary N) is 1. The topological polar surface area (TPSA) is 70.6 Å². The summed E-state index contributed by atoms with van der Waals surface area (Å²) in [5.41, 5.74) is 0.883. The Balaban J connectivity index is 1.38. The molecular weight excluding hydrogens is 422 g/mol. The van der Waals surface area contributed by atoms with Gasteiger partial charge in [0, 0.05) is 36.2 Å². The SMILES string of the molecule is Cc1cnc(Nc2cccc([C@H]3CN(CC(=O)N(C(C)C)C4CCCCC4)CCO3)n2)s1. The van der Waals surface area contributed by atoms with Gasteiger partial charge in [0.25, 0.3) is 0 Å². The molecule has 0 radical (unpaired) electrons. The number of morpholine rings is 1. The average molecular weight is 458 g/mol. The van der Waals surface area contributed by atoms with Gasteiger partial charge < -0.3 is 15.0 Å². The van der Waals surface area contributed by atoms with Crippen molar-refractivity contribution in [3.05, 3.63) is 35.0 Å². The summed E-state index contributed by atoms with van der Waals surface area (Å²) >= 11 is 1.60. The van der Waals surface area contributed by atoms with Crippen molar-refractivity contribution >= 4 is 28.2 Å². The molecule has 1 aliphatic carbocycles. The van der Waals surface area contributed by atoms with Crippen molar-refractivity contribution in [2.24, 2.45) is 0 Å². The summed E-state index contributed by atoms with van der Waals surface area (Å²) in [5, 5.41) is 4.11. The van der Waals surface area contributed by atoms with Crippen molar-refractivity contribution in [3.63, 3.8) is 0 Å². The summed E-state index contributed by atoms with van der Waals surface area (Å²) in [6.45, 7) is 8.82. The second-order valence-electron chi connectivity index (χ2n) is 9.13. The van der Waals surface area contributed by atoms with E-state index in [1.165, 1.54) is 19.3 Å². The van der Waals surface area contributed by atoms with E-state index in [1.54, 1.807) is 11.3 Å². The van der Waals surface area contributed by atoms with E-state index in [9.17, 15) is 4.79 Å². The number of ether oxygens (including phenoxy) is 1. The van der Waals surface area contributed by atoms with Crippen LogP contribution in [0.15, 0.2) is 24.4 Å². The Kier molecular flexibility index (Phi) is 7.75. The van der Waals surface area contributed by atoms with E-state index in [1.807, 2.05) is 31.3 Å². The van der Waals surface area contributed by atoms with Gasteiger partial charge in [0.2, 0.25) is 5.91 Å². The van der Waals surface area contributed by atoms with Crippen LogP contribution in [0.4, 0.5) is 10.9 Å². The fourth-order valence-electron chi connectivity index (χ4n) is 4.79. The number of anilines is 2. The third-order valence-corrected chi connectivity index (χ3v) is 7.11. The molecule has 1 atom stereocenters. The highest BCUT2D eigenvalue weighted by Crippen LogP contribution is 2.27. The number of carbonyl (C=O) groups is 1. The minimum atomic E-state index is -0.140. The van der Waals surface area contributed by atoms with Crippen LogP contribution in [0.2, 0.25) is 0 Å². The van der Waals surface area contributed by atoms with Crippen LogP contribution in [0.3, 0.4) is 0 Å². The summed E-state index contributed by atoms with van der Waals surface area (Å²) in [5.74, 6) is 1.01. The van der Waals surface area contributed by atoms with Gasteiger partial charge in [0.15, 0.2) is 5.13 Å². The first-order valence-electron chi connectivity index (χ1n) is 11.8. The van der Waals surface area contributed by atoms with Crippen LogP contribution in [0.1, 0.15) is 62.6 Å². The molecule has 8 heteroatoms. The summed E-state index contributed by atoms with van der Waals surface area (Å²) < 4.78 is 6.04. The molecule has 1 amide bonds. The Labute approximate surface area is 195 Å². The lowest BCUT2D eigenvalue weighted by Crippen LogP contribution is -2.51. The molecule has 3 heterocycles. The molecule has 4 rings (SSSR count). The van der Waals surface area contributed by atoms with Crippen molar-refractivity contribution in [1.29, 1.82) is 0 Å². The number of carbonyl (C=O) groups excluding carboxylic acids is 1. The zero-order valence-electron chi connectivity index (χ0n) is 19.4. The number of thiazole rings is 1. The van der Waals surface area contributed by atoms with Gasteiger partial charge in [-0.25, -0.2) is 9.97 Å². The van der Waals surface area contributed by atoms with Gasteiger partial charge >= 0.3 is 0 Å². The third-order valence-electron chi connectivity index (χ3n) is 6.28. The number of aryl methyl sites for hydroxylation is 1. The lowest BCUT2D eigenvalue weighted by molar-refractivity contribution is -0.139. The van der Waals surface area contributed by atoms with E-state index >= 15 is 0 Å². The molecule has 1 saturated carbocycles. The van der Waals surface area contributed by atoms with Crippen LogP contribution in [0.5, 0.6) is 0 Å². The van der Waals surface area contributed by atoms with Crippen LogP contribution >= 0.6 is 11.3 Å². The molecule has 0 aromatic carbocycles. The predicted molar refractivity (Wildman–Crippen MR) is 128 cm³/mol. The van der Waals surface area contributed by atoms with E-state index in [2.05, 4.69) is 33.9 Å². The van der Waals surface area contributed by atoms with E-state index < -0.39 is 0 Å². The van der Waals surface area contributed by atoms with Crippen LogP contribution in [-0.4, -0.2) is 64.0 Å². The number of pyridine rings is 1. The first-order chi connectivity index (χ1) is 15.5. The molecule has 0 bridgehead atoms. The molecule has 0 spiro atoms. The standard InChI is InChI=1S/C24H35N5O2S/c1-17(2)29(19-8-5-4-6-9-19)23(30)16-28-12-13-31-21(15-28)20-10-7-11-22(26-20)27-24-25-14-18(3)32-24/h7,10-11,14,17,19,21H,4-6,8-9,12-13,15-16H2,1-3H3,(H,25,26,27)/t21-/m1/s1. The van der Waals surface area contributed by atoms with Crippen molar-refractivity contribution in [1.82, 2.24) is 19.8 Å². The predicted octanol–water partition coefficient (Wildman–Crippen LogP) is 4.53. The van der Waals surface area contributed by atoms with Crippen LogP contribution in [0.25, 0.3) is 0 Å². The van der Waals surface area contributed by atoms with Crippen LogP contribution < -0.4 is 5.32 Å². The zero-order valence-corrected chi connectivity index (χ0v) is 20.2. The largest absolute Gasteiger partial charge is 0.369 e. The first kappa shape index (κ1) is 23.1. The van der Waals surface area contributed by atoms with E-state index in [0.717, 1.165) is 40.9 Å². The second kappa shape index (κ2) is 10.7. The van der Waals surface area contributed by atoms with Crippen LogP contribution in [0, 0.1) is 6.92 Å². The third kappa shape index (κ3) is 5.85. The molecule has 1 N–H and O–H groups in total. The summed E-state index contributed by atoms with van der Waals surface area (Å²) in [7, 11) is 0. The summed E-state index contributed by atoms with van der Waals surface area (Å²) in [4.78, 5) is 27.9. The monoisotopic (exact) mass is 457 g/mol. The number of nitrogens with zero attached hydrogens (tertiary/aromatic N) is 4. The van der Waals surface area contributed by atoms with Crippen molar-refractivity contribution in [3.8, 4) is 0 Å². The van der Waals surface area contributed by atoms with E-state index in [-0.39, 0.29) is 18.1 Å². The maximum Gasteiger partial charge on any atom is 0.237 e. The fourth-order valence-corrected chi connectivity index (χ4v) is 5.46. The van der Waals surface area contributed by atoms with Crippen LogP contribution in [-0.2, 0) is 9.53 Å². The van der Waals surface area contributed by atoms with Gasteiger partial charge in [-0.05, 0) is 45.7 Å².